The number of para-hydroxylation sites is 2. The molecular formula is C12H14N4OS. The second-order valence-electron chi connectivity index (χ2n) is 3.84. The summed E-state index contributed by atoms with van der Waals surface area (Å²) >= 11 is 1.11. The lowest BCUT2D eigenvalue weighted by Gasteiger charge is -2.06. The van der Waals surface area contributed by atoms with Crippen molar-refractivity contribution in [1.82, 2.24) is 9.59 Å². The molecule has 5 nitrogen and oxygen atoms in total. The van der Waals surface area contributed by atoms with Crippen LogP contribution in [0, 0.1) is 0 Å². The fourth-order valence-electron chi connectivity index (χ4n) is 1.57. The van der Waals surface area contributed by atoms with Crippen LogP contribution in [0.4, 0.5) is 11.4 Å². The summed E-state index contributed by atoms with van der Waals surface area (Å²) in [5, 5.41) is 6.75. The molecule has 0 aliphatic heterocycles. The number of hydrogen-bond donors (Lipinski definition) is 2. The summed E-state index contributed by atoms with van der Waals surface area (Å²) < 4.78 is 3.83. The molecule has 2 rings (SSSR count). The third kappa shape index (κ3) is 2.65. The van der Waals surface area contributed by atoms with Crippen molar-refractivity contribution in [3.05, 3.63) is 34.8 Å². The van der Waals surface area contributed by atoms with E-state index in [0.29, 0.717) is 16.3 Å². The van der Waals surface area contributed by atoms with Gasteiger partial charge in [-0.1, -0.05) is 30.0 Å². The van der Waals surface area contributed by atoms with E-state index in [-0.39, 0.29) is 5.91 Å². The van der Waals surface area contributed by atoms with Crippen LogP contribution in [0.3, 0.4) is 0 Å². The average Bonchev–Trinajstić information content (AvgIpc) is 2.81. The molecule has 0 atom stereocenters. The van der Waals surface area contributed by atoms with Crippen molar-refractivity contribution >= 4 is 28.8 Å². The van der Waals surface area contributed by atoms with Crippen LogP contribution >= 0.6 is 11.5 Å². The lowest BCUT2D eigenvalue weighted by atomic mass is 10.2. The zero-order valence-corrected chi connectivity index (χ0v) is 10.8. The monoisotopic (exact) mass is 262 g/mol. The Bertz CT molecular complexity index is 553. The van der Waals surface area contributed by atoms with Crippen LogP contribution in [0.25, 0.3) is 0 Å². The summed E-state index contributed by atoms with van der Waals surface area (Å²) in [5.74, 6) is -0.202. The normalized spacial score (nSPS) is 10.3. The number of hydrogen-bond acceptors (Lipinski definition) is 5. The first-order valence-corrected chi connectivity index (χ1v) is 6.46. The third-order valence-corrected chi connectivity index (χ3v) is 3.22. The van der Waals surface area contributed by atoms with Gasteiger partial charge in [0.25, 0.3) is 5.91 Å². The van der Waals surface area contributed by atoms with Gasteiger partial charge >= 0.3 is 0 Å². The minimum atomic E-state index is -0.202. The van der Waals surface area contributed by atoms with Crippen molar-refractivity contribution in [2.75, 3.05) is 11.1 Å². The fourth-order valence-corrected chi connectivity index (χ4v) is 2.17. The Labute approximate surface area is 109 Å². The van der Waals surface area contributed by atoms with Crippen molar-refractivity contribution < 1.29 is 4.79 Å². The van der Waals surface area contributed by atoms with Crippen molar-refractivity contribution in [3.8, 4) is 0 Å². The summed E-state index contributed by atoms with van der Waals surface area (Å²) in [5.41, 5.74) is 7.67. The van der Waals surface area contributed by atoms with E-state index >= 15 is 0 Å². The predicted molar refractivity (Wildman–Crippen MR) is 72.7 cm³/mol. The summed E-state index contributed by atoms with van der Waals surface area (Å²) in [7, 11) is 0. The number of aromatic nitrogens is 2. The minimum absolute atomic E-state index is 0.202. The van der Waals surface area contributed by atoms with E-state index in [1.54, 1.807) is 12.1 Å². The number of nitrogens with two attached hydrogens (primary N) is 1. The fraction of sp³-hybridized carbons (Fsp3) is 0.250. The largest absolute Gasteiger partial charge is 0.397 e. The maximum absolute atomic E-state index is 12.1. The van der Waals surface area contributed by atoms with Gasteiger partial charge in [-0.25, -0.2) is 0 Å². The van der Waals surface area contributed by atoms with Crippen molar-refractivity contribution in [2.45, 2.75) is 19.8 Å². The van der Waals surface area contributed by atoms with Gasteiger partial charge in [0.2, 0.25) is 0 Å². The highest BCUT2D eigenvalue weighted by Crippen LogP contribution is 2.20. The van der Waals surface area contributed by atoms with Crippen LogP contribution in [0.2, 0.25) is 0 Å². The van der Waals surface area contributed by atoms with Crippen molar-refractivity contribution in [3.63, 3.8) is 0 Å². The first-order valence-electron chi connectivity index (χ1n) is 5.69. The van der Waals surface area contributed by atoms with Crippen molar-refractivity contribution in [1.29, 1.82) is 0 Å². The first-order chi connectivity index (χ1) is 8.72. The molecule has 3 N–H and O–H groups in total. The van der Waals surface area contributed by atoms with E-state index in [1.807, 2.05) is 19.1 Å². The van der Waals surface area contributed by atoms with Gasteiger partial charge in [-0.15, -0.1) is 5.10 Å². The molecule has 94 valence electrons. The number of benzene rings is 1. The van der Waals surface area contributed by atoms with E-state index in [0.717, 1.165) is 30.1 Å². The Hall–Kier alpha value is -1.95. The van der Waals surface area contributed by atoms with Crippen LogP contribution in [-0.4, -0.2) is 15.5 Å². The number of nitrogens with zero attached hydrogens (tertiary/aromatic N) is 2. The van der Waals surface area contributed by atoms with Crippen LogP contribution in [-0.2, 0) is 6.42 Å². The molecule has 6 heteroatoms. The van der Waals surface area contributed by atoms with Crippen LogP contribution in [0.5, 0.6) is 0 Å². The number of carbonyl (C=O) groups is 1. The first kappa shape index (κ1) is 12.5. The molecule has 2 aromatic rings. The van der Waals surface area contributed by atoms with Gasteiger partial charge in [-0.05, 0) is 30.1 Å². The summed E-state index contributed by atoms with van der Waals surface area (Å²) in [6.45, 7) is 2.04. The molecule has 0 aliphatic carbocycles. The number of carbonyl (C=O) groups excluding carboxylic acids is 1. The molecule has 1 aromatic heterocycles. The third-order valence-electron chi connectivity index (χ3n) is 2.46. The predicted octanol–water partition coefficient (Wildman–Crippen LogP) is 2.33. The van der Waals surface area contributed by atoms with Gasteiger partial charge in [0.05, 0.1) is 17.1 Å². The summed E-state index contributed by atoms with van der Waals surface area (Å²) in [4.78, 5) is 12.6. The zero-order valence-electron chi connectivity index (χ0n) is 10.0. The lowest BCUT2D eigenvalue weighted by Crippen LogP contribution is -2.13. The highest BCUT2D eigenvalue weighted by molar-refractivity contribution is 7.08. The SMILES string of the molecule is CCCc1nnsc1C(=O)Nc1ccccc1N. The number of nitrogen functional groups attached to an aromatic ring is 1. The zero-order chi connectivity index (χ0) is 13.0. The van der Waals surface area contributed by atoms with Crippen LogP contribution in [0.15, 0.2) is 24.3 Å². The van der Waals surface area contributed by atoms with Gasteiger partial charge < -0.3 is 11.1 Å². The van der Waals surface area contributed by atoms with E-state index in [1.165, 1.54) is 0 Å². The van der Waals surface area contributed by atoms with Gasteiger partial charge in [0.15, 0.2) is 0 Å². The van der Waals surface area contributed by atoms with Crippen molar-refractivity contribution in [2.24, 2.45) is 0 Å². The summed E-state index contributed by atoms with van der Waals surface area (Å²) in [6, 6.07) is 7.15. The van der Waals surface area contributed by atoms with E-state index in [9.17, 15) is 4.79 Å². The smallest absolute Gasteiger partial charge is 0.269 e. The van der Waals surface area contributed by atoms with E-state index in [4.69, 9.17) is 5.73 Å². The second kappa shape index (κ2) is 5.59. The number of aryl methyl sites for hydroxylation is 1. The quantitative estimate of drug-likeness (QED) is 0.829. The Morgan fingerprint density at radius 3 is 2.94 bits per heavy atom. The molecule has 0 spiro atoms. The minimum Gasteiger partial charge on any atom is -0.397 e. The number of nitrogens with one attached hydrogen (secondary N) is 1. The van der Waals surface area contributed by atoms with Crippen LogP contribution < -0.4 is 11.1 Å². The maximum atomic E-state index is 12.1. The number of anilines is 2. The molecule has 18 heavy (non-hydrogen) atoms. The molecule has 0 unspecified atom stereocenters. The molecule has 0 fully saturated rings. The Morgan fingerprint density at radius 2 is 2.22 bits per heavy atom. The van der Waals surface area contributed by atoms with Gasteiger partial charge in [0, 0.05) is 0 Å². The Balaban J connectivity index is 2.17. The molecule has 0 saturated carbocycles. The van der Waals surface area contributed by atoms with E-state index < -0.39 is 0 Å². The Kier molecular flexibility index (Phi) is 3.88. The molecular weight excluding hydrogens is 248 g/mol. The van der Waals surface area contributed by atoms with Gasteiger partial charge in [-0.2, -0.15) is 0 Å². The summed E-state index contributed by atoms with van der Waals surface area (Å²) in [6.07, 6.45) is 1.68. The van der Waals surface area contributed by atoms with Gasteiger partial charge in [-0.3, -0.25) is 4.79 Å². The highest BCUT2D eigenvalue weighted by atomic mass is 32.1. The molecule has 0 bridgehead atoms. The molecule has 1 amide bonds. The van der Waals surface area contributed by atoms with Gasteiger partial charge in [0.1, 0.15) is 4.88 Å². The number of amides is 1. The average molecular weight is 262 g/mol. The topological polar surface area (TPSA) is 80.9 Å². The molecule has 0 aliphatic rings. The van der Waals surface area contributed by atoms with Crippen LogP contribution in [0.1, 0.15) is 28.7 Å². The molecule has 0 radical (unpaired) electrons. The molecule has 1 heterocycles. The maximum Gasteiger partial charge on any atom is 0.269 e. The lowest BCUT2D eigenvalue weighted by molar-refractivity contribution is 0.102. The highest BCUT2D eigenvalue weighted by Gasteiger charge is 2.16. The Morgan fingerprint density at radius 1 is 1.44 bits per heavy atom. The molecule has 0 saturated heterocycles. The molecule has 1 aromatic carbocycles. The van der Waals surface area contributed by atoms with E-state index in [2.05, 4.69) is 14.9 Å². The standard InChI is InChI=1S/C12H14N4OS/c1-2-5-10-11(18-16-15-10)12(17)14-9-7-4-3-6-8(9)13/h3-4,6-7H,2,5,13H2,1H3,(H,14,17). The number of rotatable bonds is 4. The second-order valence-corrected chi connectivity index (χ2v) is 4.59.